The average Bonchev–Trinajstić information content (AvgIpc) is 3.09. The Morgan fingerprint density at radius 1 is 1.32 bits per heavy atom. The molecule has 0 radical (unpaired) electrons. The van der Waals surface area contributed by atoms with Crippen LogP contribution < -0.4 is 5.32 Å². The fourth-order valence-electron chi connectivity index (χ4n) is 2.94. The molecule has 0 saturated carbocycles. The van der Waals surface area contributed by atoms with Crippen LogP contribution in [0, 0.1) is 6.92 Å². The zero-order valence-electron chi connectivity index (χ0n) is 14.7. The SMILES string of the molecule is CSC(C)C(=O)Nc1cccc(C(=O)N2CCc3sccc3C2)c1C. The third-order valence-electron chi connectivity index (χ3n) is 4.64. The third-order valence-corrected chi connectivity index (χ3v) is 6.58. The van der Waals surface area contributed by atoms with Gasteiger partial charge in [0.15, 0.2) is 0 Å². The van der Waals surface area contributed by atoms with E-state index < -0.39 is 0 Å². The molecule has 0 spiro atoms. The molecule has 0 saturated heterocycles. The molecule has 1 aromatic carbocycles. The van der Waals surface area contributed by atoms with Crippen molar-refractivity contribution < 1.29 is 9.59 Å². The second-order valence-electron chi connectivity index (χ2n) is 6.19. The van der Waals surface area contributed by atoms with E-state index in [1.165, 1.54) is 22.2 Å². The number of anilines is 1. The number of thioether (sulfide) groups is 1. The number of benzene rings is 1. The van der Waals surface area contributed by atoms with E-state index in [2.05, 4.69) is 16.8 Å². The number of hydrogen-bond donors (Lipinski definition) is 1. The summed E-state index contributed by atoms with van der Waals surface area (Å²) in [5, 5.41) is 4.91. The molecule has 2 aromatic rings. The van der Waals surface area contributed by atoms with Gasteiger partial charge in [-0.25, -0.2) is 0 Å². The molecular formula is C19H22N2O2S2. The van der Waals surface area contributed by atoms with Crippen LogP contribution in [0.15, 0.2) is 29.6 Å². The number of carbonyl (C=O) groups is 2. The minimum atomic E-state index is -0.127. The van der Waals surface area contributed by atoms with Crippen LogP contribution in [-0.4, -0.2) is 34.8 Å². The lowest BCUT2D eigenvalue weighted by molar-refractivity contribution is -0.115. The molecule has 1 aromatic heterocycles. The molecule has 1 atom stereocenters. The van der Waals surface area contributed by atoms with Crippen molar-refractivity contribution in [3.63, 3.8) is 0 Å². The van der Waals surface area contributed by atoms with Gasteiger partial charge in [-0.2, -0.15) is 11.8 Å². The monoisotopic (exact) mass is 374 g/mol. The second-order valence-corrected chi connectivity index (χ2v) is 8.37. The third kappa shape index (κ3) is 3.75. The molecule has 6 heteroatoms. The number of fused-ring (bicyclic) bond motifs is 1. The normalized spacial score (nSPS) is 14.8. The quantitative estimate of drug-likeness (QED) is 0.882. The molecule has 0 aliphatic carbocycles. The Balaban J connectivity index is 1.80. The van der Waals surface area contributed by atoms with Gasteiger partial charge in [-0.05, 0) is 61.2 Å². The number of nitrogens with zero attached hydrogens (tertiary/aromatic N) is 1. The zero-order valence-corrected chi connectivity index (χ0v) is 16.3. The fourth-order valence-corrected chi connectivity index (χ4v) is 4.10. The smallest absolute Gasteiger partial charge is 0.254 e. The standard InChI is InChI=1S/C19H22N2O2S2/c1-12-15(5-4-6-16(12)20-18(22)13(2)24-3)19(23)21-9-7-17-14(11-21)8-10-25-17/h4-6,8,10,13H,7,9,11H2,1-3H3,(H,20,22). The molecule has 3 rings (SSSR count). The number of thiophene rings is 1. The Bertz CT molecular complexity index is 800. The van der Waals surface area contributed by atoms with Crippen molar-refractivity contribution in [1.29, 1.82) is 0 Å². The first-order valence-electron chi connectivity index (χ1n) is 8.29. The van der Waals surface area contributed by atoms with E-state index in [1.807, 2.05) is 43.2 Å². The highest BCUT2D eigenvalue weighted by molar-refractivity contribution is 7.99. The highest BCUT2D eigenvalue weighted by atomic mass is 32.2. The van der Waals surface area contributed by atoms with E-state index in [0.717, 1.165) is 18.5 Å². The summed E-state index contributed by atoms with van der Waals surface area (Å²) >= 11 is 3.26. The number of nitrogens with one attached hydrogen (secondary N) is 1. The van der Waals surface area contributed by atoms with Crippen LogP contribution in [0.25, 0.3) is 0 Å². The van der Waals surface area contributed by atoms with Crippen molar-refractivity contribution in [2.75, 3.05) is 18.1 Å². The molecule has 1 unspecified atom stereocenters. The summed E-state index contributed by atoms with van der Waals surface area (Å²) in [5.41, 5.74) is 3.45. The minimum Gasteiger partial charge on any atom is -0.334 e. The molecule has 2 amide bonds. The van der Waals surface area contributed by atoms with Crippen molar-refractivity contribution in [3.05, 3.63) is 51.2 Å². The van der Waals surface area contributed by atoms with Gasteiger partial charge >= 0.3 is 0 Å². The Labute approximate surface area is 156 Å². The molecule has 25 heavy (non-hydrogen) atoms. The molecule has 1 N–H and O–H groups in total. The topological polar surface area (TPSA) is 49.4 Å². The number of amides is 2. The van der Waals surface area contributed by atoms with Gasteiger partial charge in [0.05, 0.1) is 5.25 Å². The van der Waals surface area contributed by atoms with Gasteiger partial charge < -0.3 is 10.2 Å². The first-order chi connectivity index (χ1) is 12.0. The maximum atomic E-state index is 13.0. The summed E-state index contributed by atoms with van der Waals surface area (Å²) in [6, 6.07) is 7.63. The van der Waals surface area contributed by atoms with Gasteiger partial charge in [0.1, 0.15) is 0 Å². The van der Waals surface area contributed by atoms with E-state index in [4.69, 9.17) is 0 Å². The lowest BCUT2D eigenvalue weighted by Crippen LogP contribution is -2.35. The summed E-state index contributed by atoms with van der Waals surface area (Å²) in [7, 11) is 0. The first-order valence-corrected chi connectivity index (χ1v) is 10.5. The van der Waals surface area contributed by atoms with E-state index in [1.54, 1.807) is 11.3 Å². The van der Waals surface area contributed by atoms with Gasteiger partial charge in [0, 0.05) is 29.2 Å². The van der Waals surface area contributed by atoms with Gasteiger partial charge in [-0.15, -0.1) is 11.3 Å². The van der Waals surface area contributed by atoms with Crippen LogP contribution >= 0.6 is 23.1 Å². The zero-order chi connectivity index (χ0) is 18.0. The van der Waals surface area contributed by atoms with Crippen LogP contribution in [0.4, 0.5) is 5.69 Å². The molecule has 0 fully saturated rings. The summed E-state index contributed by atoms with van der Waals surface area (Å²) in [4.78, 5) is 28.4. The lowest BCUT2D eigenvalue weighted by Gasteiger charge is -2.28. The van der Waals surface area contributed by atoms with Crippen LogP contribution in [0.2, 0.25) is 0 Å². The van der Waals surface area contributed by atoms with Crippen LogP contribution in [0.3, 0.4) is 0 Å². The predicted octanol–water partition coefficient (Wildman–Crippen LogP) is 3.95. The average molecular weight is 375 g/mol. The van der Waals surface area contributed by atoms with E-state index in [0.29, 0.717) is 17.8 Å². The van der Waals surface area contributed by atoms with Crippen LogP contribution in [0.5, 0.6) is 0 Å². The highest BCUT2D eigenvalue weighted by Gasteiger charge is 2.24. The summed E-state index contributed by atoms with van der Waals surface area (Å²) < 4.78 is 0. The Kier molecular flexibility index (Phi) is 5.49. The van der Waals surface area contributed by atoms with Crippen molar-refractivity contribution in [3.8, 4) is 0 Å². The molecular weight excluding hydrogens is 352 g/mol. The number of carbonyl (C=O) groups excluding carboxylic acids is 2. The lowest BCUT2D eigenvalue weighted by atomic mass is 10.0. The van der Waals surface area contributed by atoms with Crippen molar-refractivity contribution >= 4 is 40.6 Å². The molecule has 4 nitrogen and oxygen atoms in total. The Morgan fingerprint density at radius 2 is 2.12 bits per heavy atom. The predicted molar refractivity (Wildman–Crippen MR) is 106 cm³/mol. The summed E-state index contributed by atoms with van der Waals surface area (Å²) in [5.74, 6) is -0.00977. The van der Waals surface area contributed by atoms with Crippen molar-refractivity contribution in [2.45, 2.75) is 32.1 Å². The maximum Gasteiger partial charge on any atom is 0.254 e. The fraction of sp³-hybridized carbons (Fsp3) is 0.368. The van der Waals surface area contributed by atoms with E-state index in [-0.39, 0.29) is 17.1 Å². The van der Waals surface area contributed by atoms with Crippen molar-refractivity contribution in [1.82, 2.24) is 4.90 Å². The molecule has 132 valence electrons. The van der Waals surface area contributed by atoms with Crippen LogP contribution in [0.1, 0.15) is 33.3 Å². The van der Waals surface area contributed by atoms with Crippen molar-refractivity contribution in [2.24, 2.45) is 0 Å². The highest BCUT2D eigenvalue weighted by Crippen LogP contribution is 2.27. The maximum absolute atomic E-state index is 13.0. The summed E-state index contributed by atoms with van der Waals surface area (Å²) in [6.45, 7) is 5.17. The molecule has 1 aliphatic rings. The molecule has 1 aliphatic heterocycles. The minimum absolute atomic E-state index is 0.0309. The van der Waals surface area contributed by atoms with Gasteiger partial charge in [0.25, 0.3) is 5.91 Å². The second kappa shape index (κ2) is 7.62. The molecule has 2 heterocycles. The summed E-state index contributed by atoms with van der Waals surface area (Å²) in [6.07, 6.45) is 2.82. The molecule has 0 bridgehead atoms. The largest absolute Gasteiger partial charge is 0.334 e. The Morgan fingerprint density at radius 3 is 2.88 bits per heavy atom. The van der Waals surface area contributed by atoms with Crippen LogP contribution in [-0.2, 0) is 17.8 Å². The first kappa shape index (κ1) is 18.0. The Hall–Kier alpha value is -1.79. The number of rotatable bonds is 4. The number of hydrogen-bond acceptors (Lipinski definition) is 4. The van der Waals surface area contributed by atoms with Gasteiger partial charge in [-0.1, -0.05) is 6.07 Å². The van der Waals surface area contributed by atoms with Gasteiger partial charge in [0.2, 0.25) is 5.91 Å². The van der Waals surface area contributed by atoms with Gasteiger partial charge in [-0.3, -0.25) is 9.59 Å². The van der Waals surface area contributed by atoms with E-state index >= 15 is 0 Å². The van der Waals surface area contributed by atoms with E-state index in [9.17, 15) is 9.59 Å².